The van der Waals surface area contributed by atoms with Gasteiger partial charge in [0.15, 0.2) is 0 Å². The molecule has 0 heterocycles. The lowest BCUT2D eigenvalue weighted by atomic mass is 10.1. The first-order chi connectivity index (χ1) is 6.31. The third kappa shape index (κ3) is 1.54. The van der Waals surface area contributed by atoms with E-state index >= 15 is 0 Å². The second kappa shape index (κ2) is 2.95. The molecule has 0 aliphatic heterocycles. The van der Waals surface area contributed by atoms with Gasteiger partial charge in [-0.3, -0.25) is 0 Å². The third-order valence-corrected chi connectivity index (χ3v) is 2.10. The normalized spacial score (nSPS) is 13.6. The monoisotopic (exact) mass is 171 g/mol. The molecule has 1 N–H and O–H groups in total. The first-order valence-corrected chi connectivity index (χ1v) is 4.23. The Balaban J connectivity index is 2.42. The first-order valence-electron chi connectivity index (χ1n) is 4.23. The Labute approximate surface area is 76.7 Å². The summed E-state index contributed by atoms with van der Waals surface area (Å²) in [4.78, 5) is 0. The summed E-state index contributed by atoms with van der Waals surface area (Å²) in [6.07, 6.45) is 1.98. The van der Waals surface area contributed by atoms with Gasteiger partial charge in [0.25, 0.3) is 0 Å². The number of nitrogens with zero attached hydrogens (tertiary/aromatic N) is 1. The third-order valence-electron chi connectivity index (χ3n) is 2.10. The zero-order valence-electron chi connectivity index (χ0n) is 7.12. The van der Waals surface area contributed by atoms with Gasteiger partial charge in [0.2, 0.25) is 0 Å². The van der Waals surface area contributed by atoms with E-state index < -0.39 is 0 Å². The number of rotatable bonds is 1. The van der Waals surface area contributed by atoms with Crippen molar-refractivity contribution in [3.05, 3.63) is 41.0 Å². The predicted octanol–water partition coefficient (Wildman–Crippen LogP) is 2.62. The van der Waals surface area contributed by atoms with E-state index in [1.165, 1.54) is 0 Å². The molecule has 0 saturated heterocycles. The highest BCUT2D eigenvalue weighted by molar-refractivity contribution is 5.65. The van der Waals surface area contributed by atoms with Crippen LogP contribution in [-0.4, -0.2) is 5.11 Å². The molecule has 64 valence electrons. The Morgan fingerprint density at radius 2 is 2.15 bits per heavy atom. The van der Waals surface area contributed by atoms with Crippen LogP contribution < -0.4 is 0 Å². The summed E-state index contributed by atoms with van der Waals surface area (Å²) in [6, 6.07) is 9.09. The zero-order chi connectivity index (χ0) is 9.26. The number of aliphatic hydroxyl groups excluding tert-OH is 1. The molecule has 0 aromatic heterocycles. The van der Waals surface area contributed by atoms with Crippen LogP contribution >= 0.6 is 0 Å². The van der Waals surface area contributed by atoms with Gasteiger partial charge in [-0.2, -0.15) is 5.26 Å². The molecule has 0 atom stereocenters. The van der Waals surface area contributed by atoms with Crippen molar-refractivity contribution in [2.75, 3.05) is 0 Å². The lowest BCUT2D eigenvalue weighted by Crippen LogP contribution is -1.83. The van der Waals surface area contributed by atoms with Crippen LogP contribution in [0.15, 0.2) is 29.8 Å². The molecular formula is C11H9NO. The molecule has 2 nitrogen and oxygen atoms in total. The van der Waals surface area contributed by atoms with E-state index in [0.717, 1.165) is 24.0 Å². The molecule has 1 fully saturated rings. The molecule has 1 aliphatic carbocycles. The van der Waals surface area contributed by atoms with Crippen molar-refractivity contribution in [1.82, 2.24) is 0 Å². The van der Waals surface area contributed by atoms with E-state index in [0.29, 0.717) is 11.3 Å². The van der Waals surface area contributed by atoms with E-state index in [9.17, 15) is 5.11 Å². The van der Waals surface area contributed by atoms with Crippen molar-refractivity contribution in [2.24, 2.45) is 0 Å². The summed E-state index contributed by atoms with van der Waals surface area (Å²) in [6.45, 7) is 0. The highest BCUT2D eigenvalue weighted by atomic mass is 16.3. The molecule has 0 spiro atoms. The first kappa shape index (κ1) is 7.88. The summed E-state index contributed by atoms with van der Waals surface area (Å²) in [5, 5.41) is 18.3. The molecule has 0 unspecified atom stereocenters. The van der Waals surface area contributed by atoms with Crippen molar-refractivity contribution in [3.63, 3.8) is 0 Å². The van der Waals surface area contributed by atoms with Gasteiger partial charge >= 0.3 is 0 Å². The van der Waals surface area contributed by atoms with Gasteiger partial charge < -0.3 is 5.11 Å². The number of allylic oxidation sites excluding steroid dienone is 1. The van der Waals surface area contributed by atoms with E-state index in [-0.39, 0.29) is 0 Å². The quantitative estimate of drug-likeness (QED) is 0.660. The standard InChI is InChI=1S/C11H9NO/c12-7-8-2-1-3-10(6-8)11(13)9-4-5-9/h1-3,6,13H,4-5H2. The summed E-state index contributed by atoms with van der Waals surface area (Å²) in [7, 11) is 0. The molecule has 0 radical (unpaired) electrons. The van der Waals surface area contributed by atoms with Crippen LogP contribution in [0.4, 0.5) is 0 Å². The second-order valence-corrected chi connectivity index (χ2v) is 3.14. The molecular weight excluding hydrogens is 162 g/mol. The van der Waals surface area contributed by atoms with Crippen molar-refractivity contribution in [3.8, 4) is 6.07 Å². The minimum Gasteiger partial charge on any atom is -0.507 e. The van der Waals surface area contributed by atoms with Crippen LogP contribution in [-0.2, 0) is 0 Å². The highest BCUT2D eigenvalue weighted by Gasteiger charge is 2.18. The van der Waals surface area contributed by atoms with Gasteiger partial charge in [-0.1, -0.05) is 12.1 Å². The number of hydrogen-bond donors (Lipinski definition) is 1. The minimum atomic E-state index is 0.358. The van der Waals surface area contributed by atoms with Crippen LogP contribution in [0.1, 0.15) is 24.0 Å². The van der Waals surface area contributed by atoms with Crippen LogP contribution in [0.25, 0.3) is 5.76 Å². The lowest BCUT2D eigenvalue weighted by molar-refractivity contribution is 0.509. The Kier molecular flexibility index (Phi) is 1.79. The topological polar surface area (TPSA) is 44.0 Å². The number of benzene rings is 1. The second-order valence-electron chi connectivity index (χ2n) is 3.14. The highest BCUT2D eigenvalue weighted by Crippen LogP contribution is 2.34. The van der Waals surface area contributed by atoms with Crippen molar-refractivity contribution >= 4 is 5.76 Å². The van der Waals surface area contributed by atoms with E-state index in [1.54, 1.807) is 18.2 Å². The molecule has 2 heteroatoms. The fourth-order valence-electron chi connectivity index (χ4n) is 1.24. The van der Waals surface area contributed by atoms with Gasteiger partial charge in [0, 0.05) is 5.56 Å². The van der Waals surface area contributed by atoms with E-state index in [4.69, 9.17) is 5.26 Å². The molecule has 1 aromatic carbocycles. The van der Waals surface area contributed by atoms with Crippen molar-refractivity contribution < 1.29 is 5.11 Å². The molecule has 2 rings (SSSR count). The maximum absolute atomic E-state index is 9.65. The number of hydrogen-bond acceptors (Lipinski definition) is 2. The molecule has 1 saturated carbocycles. The van der Waals surface area contributed by atoms with Crippen molar-refractivity contribution in [2.45, 2.75) is 12.8 Å². The molecule has 1 aliphatic rings. The van der Waals surface area contributed by atoms with Gasteiger partial charge in [0.05, 0.1) is 11.6 Å². The maximum Gasteiger partial charge on any atom is 0.122 e. The van der Waals surface area contributed by atoms with Gasteiger partial charge in [-0.05, 0) is 30.5 Å². The maximum atomic E-state index is 9.65. The van der Waals surface area contributed by atoms with E-state index in [2.05, 4.69) is 0 Å². The summed E-state index contributed by atoms with van der Waals surface area (Å²) < 4.78 is 0. The minimum absolute atomic E-state index is 0.358. The summed E-state index contributed by atoms with van der Waals surface area (Å²) in [5.74, 6) is 0.358. The zero-order valence-corrected chi connectivity index (χ0v) is 7.12. The van der Waals surface area contributed by atoms with E-state index in [1.807, 2.05) is 12.1 Å². The van der Waals surface area contributed by atoms with Crippen LogP contribution in [0.3, 0.4) is 0 Å². The predicted molar refractivity (Wildman–Crippen MR) is 49.9 cm³/mol. The smallest absolute Gasteiger partial charge is 0.122 e. The molecule has 0 amide bonds. The SMILES string of the molecule is N#Cc1cccc(C(O)=C2CC2)c1. The Morgan fingerprint density at radius 1 is 1.38 bits per heavy atom. The van der Waals surface area contributed by atoms with Crippen LogP contribution in [0, 0.1) is 11.3 Å². The van der Waals surface area contributed by atoms with Gasteiger partial charge in [0.1, 0.15) is 5.76 Å². The Hall–Kier alpha value is -1.75. The molecule has 0 bridgehead atoms. The lowest BCUT2D eigenvalue weighted by Gasteiger charge is -1.98. The summed E-state index contributed by atoms with van der Waals surface area (Å²) in [5.41, 5.74) is 2.44. The Bertz CT molecular complexity index is 406. The fourth-order valence-corrected chi connectivity index (χ4v) is 1.24. The van der Waals surface area contributed by atoms with Gasteiger partial charge in [-0.25, -0.2) is 0 Å². The summed E-state index contributed by atoms with van der Waals surface area (Å²) >= 11 is 0. The number of nitriles is 1. The fraction of sp³-hybridized carbons (Fsp3) is 0.182. The Morgan fingerprint density at radius 3 is 2.77 bits per heavy atom. The van der Waals surface area contributed by atoms with Crippen molar-refractivity contribution in [1.29, 1.82) is 5.26 Å². The largest absolute Gasteiger partial charge is 0.507 e. The average Bonchev–Trinajstić information content (AvgIpc) is 3.00. The molecule has 1 aromatic rings. The number of aliphatic hydroxyl groups is 1. The average molecular weight is 171 g/mol. The van der Waals surface area contributed by atoms with Gasteiger partial charge in [-0.15, -0.1) is 0 Å². The van der Waals surface area contributed by atoms with Crippen LogP contribution in [0.2, 0.25) is 0 Å². The van der Waals surface area contributed by atoms with Crippen LogP contribution in [0.5, 0.6) is 0 Å². The molecule has 13 heavy (non-hydrogen) atoms.